The van der Waals surface area contributed by atoms with Crippen LogP contribution in [0, 0.1) is 20.8 Å². The van der Waals surface area contributed by atoms with Gasteiger partial charge < -0.3 is 25.0 Å². The Morgan fingerprint density at radius 2 is 1.75 bits per heavy atom. The first-order chi connectivity index (χ1) is 19.2. The van der Waals surface area contributed by atoms with Crippen molar-refractivity contribution in [2.24, 2.45) is 0 Å². The van der Waals surface area contributed by atoms with Crippen molar-refractivity contribution in [2.75, 3.05) is 30.9 Å². The van der Waals surface area contributed by atoms with Crippen molar-refractivity contribution in [3.63, 3.8) is 0 Å². The van der Waals surface area contributed by atoms with Crippen molar-refractivity contribution in [1.29, 1.82) is 0 Å². The van der Waals surface area contributed by atoms with Gasteiger partial charge in [0.1, 0.15) is 0 Å². The fourth-order valence-corrected chi connectivity index (χ4v) is 5.78. The first-order valence-electron chi connectivity index (χ1n) is 13.5. The number of benzene rings is 2. The van der Waals surface area contributed by atoms with Gasteiger partial charge in [0, 0.05) is 61.7 Å². The van der Waals surface area contributed by atoms with E-state index in [2.05, 4.69) is 74.2 Å². The molecular formula is C32H36N6OS. The van der Waals surface area contributed by atoms with Crippen molar-refractivity contribution < 1.29 is 4.79 Å². The first-order valence-corrected chi connectivity index (χ1v) is 13.9. The van der Waals surface area contributed by atoms with Gasteiger partial charge in [-0.05, 0) is 93.1 Å². The third kappa shape index (κ3) is 5.58. The van der Waals surface area contributed by atoms with E-state index in [1.165, 1.54) is 0 Å². The average Bonchev–Trinajstić information content (AvgIpc) is 3.43. The summed E-state index contributed by atoms with van der Waals surface area (Å²) in [4.78, 5) is 21.8. The van der Waals surface area contributed by atoms with Crippen LogP contribution in [-0.4, -0.2) is 46.1 Å². The van der Waals surface area contributed by atoms with Gasteiger partial charge >= 0.3 is 0 Å². The predicted molar refractivity (Wildman–Crippen MR) is 166 cm³/mol. The number of aromatic nitrogens is 2. The molecule has 1 saturated heterocycles. The maximum absolute atomic E-state index is 12.9. The number of hydrogen-bond acceptors (Lipinski definition) is 4. The van der Waals surface area contributed by atoms with Crippen LogP contribution in [-0.2, 0) is 4.79 Å². The second-order valence-electron chi connectivity index (χ2n) is 10.6. The molecule has 1 amide bonds. The lowest BCUT2D eigenvalue weighted by molar-refractivity contribution is -0.116. The van der Waals surface area contributed by atoms with Crippen molar-refractivity contribution >= 4 is 34.6 Å². The van der Waals surface area contributed by atoms with Crippen LogP contribution >= 0.6 is 12.2 Å². The van der Waals surface area contributed by atoms with Crippen LogP contribution in [0.4, 0.5) is 11.4 Å². The zero-order valence-electron chi connectivity index (χ0n) is 23.7. The highest BCUT2D eigenvalue weighted by Gasteiger charge is 2.41. The summed E-state index contributed by atoms with van der Waals surface area (Å²) in [6.45, 7) is 6.80. The molecule has 5 rings (SSSR count). The molecule has 8 heteroatoms. The number of thiocarbonyl (C=S) groups is 1. The second kappa shape index (κ2) is 11.5. The normalized spacial score (nSPS) is 16.6. The molecule has 0 unspecified atom stereocenters. The van der Waals surface area contributed by atoms with Crippen LogP contribution in [0.3, 0.4) is 0 Å². The molecular weight excluding hydrogens is 516 g/mol. The molecule has 40 heavy (non-hydrogen) atoms. The Hall–Kier alpha value is -4.17. The summed E-state index contributed by atoms with van der Waals surface area (Å²) in [5.74, 6) is -0.0434. The minimum Gasteiger partial charge on any atom is -0.378 e. The SMILES string of the molecule is Cc1ccc(NC(=O)CCN2C(=S)N[C@H](c3ccccn3)[C@@H]2c2cc(C)n(-c3ccc(N(C)C)cc3)c2C)cc1. The number of anilines is 2. The van der Waals surface area contributed by atoms with E-state index < -0.39 is 0 Å². The molecule has 2 aromatic heterocycles. The van der Waals surface area contributed by atoms with E-state index in [0.717, 1.165) is 45.3 Å². The van der Waals surface area contributed by atoms with Crippen LogP contribution < -0.4 is 15.5 Å². The van der Waals surface area contributed by atoms with Crippen LogP contribution in [0.5, 0.6) is 0 Å². The van der Waals surface area contributed by atoms with E-state index in [1.807, 2.05) is 69.7 Å². The van der Waals surface area contributed by atoms with Crippen LogP contribution in [0.2, 0.25) is 0 Å². The lowest BCUT2D eigenvalue weighted by Gasteiger charge is -2.28. The first kappa shape index (κ1) is 27.4. The Bertz CT molecular complexity index is 1500. The van der Waals surface area contributed by atoms with Gasteiger partial charge in [-0.2, -0.15) is 0 Å². The Labute approximate surface area is 241 Å². The lowest BCUT2D eigenvalue weighted by Crippen LogP contribution is -2.32. The summed E-state index contributed by atoms with van der Waals surface area (Å²) in [6, 6.07) is 24.3. The number of rotatable bonds is 8. The number of pyridine rings is 1. The molecule has 0 spiro atoms. The number of carbonyl (C=O) groups excluding carboxylic acids is 1. The summed E-state index contributed by atoms with van der Waals surface area (Å²) in [5.41, 5.74) is 8.57. The number of hydrogen-bond donors (Lipinski definition) is 2. The molecule has 1 aliphatic heterocycles. The summed E-state index contributed by atoms with van der Waals surface area (Å²) < 4.78 is 2.29. The highest BCUT2D eigenvalue weighted by Crippen LogP contribution is 2.41. The number of nitrogens with zero attached hydrogens (tertiary/aromatic N) is 4. The van der Waals surface area contributed by atoms with Gasteiger partial charge in [0.25, 0.3) is 0 Å². The van der Waals surface area contributed by atoms with E-state index in [-0.39, 0.29) is 18.0 Å². The maximum Gasteiger partial charge on any atom is 0.226 e. The molecule has 2 aromatic carbocycles. The summed E-state index contributed by atoms with van der Waals surface area (Å²) in [7, 11) is 4.09. The molecule has 0 aliphatic carbocycles. The Balaban J connectivity index is 1.46. The van der Waals surface area contributed by atoms with E-state index in [0.29, 0.717) is 18.1 Å². The minimum atomic E-state index is -0.140. The zero-order chi connectivity index (χ0) is 28.4. The fourth-order valence-electron chi connectivity index (χ4n) is 5.45. The molecule has 0 bridgehead atoms. The lowest BCUT2D eigenvalue weighted by atomic mass is 9.96. The van der Waals surface area contributed by atoms with Crippen molar-refractivity contribution in [3.05, 3.63) is 107 Å². The van der Waals surface area contributed by atoms with Gasteiger partial charge in [0.2, 0.25) is 5.91 Å². The molecule has 3 heterocycles. The van der Waals surface area contributed by atoms with Crippen molar-refractivity contribution in [3.8, 4) is 5.69 Å². The van der Waals surface area contributed by atoms with Gasteiger partial charge in [0.05, 0.1) is 17.8 Å². The van der Waals surface area contributed by atoms with E-state index in [9.17, 15) is 4.79 Å². The third-order valence-corrected chi connectivity index (χ3v) is 7.88. The summed E-state index contributed by atoms with van der Waals surface area (Å²) in [6.07, 6.45) is 2.12. The monoisotopic (exact) mass is 552 g/mol. The number of aryl methyl sites for hydroxylation is 2. The average molecular weight is 553 g/mol. The standard InChI is InChI=1S/C32H36N6OS/c1-21-9-11-24(12-10-21)34-29(39)17-19-37-31(30(35-32(37)40)28-8-6-7-18-33-28)27-20-22(2)38(23(27)3)26-15-13-25(14-16-26)36(4)5/h6-16,18,20,30-31H,17,19H2,1-5H3,(H,34,39)(H,35,40)/t30-,31+/m1/s1. The predicted octanol–water partition coefficient (Wildman–Crippen LogP) is 5.86. The summed E-state index contributed by atoms with van der Waals surface area (Å²) >= 11 is 5.85. The highest BCUT2D eigenvalue weighted by molar-refractivity contribution is 7.80. The molecule has 2 N–H and O–H groups in total. The van der Waals surface area contributed by atoms with Gasteiger partial charge in [-0.15, -0.1) is 0 Å². The molecule has 206 valence electrons. The molecule has 0 saturated carbocycles. The number of nitrogens with one attached hydrogen (secondary N) is 2. The van der Waals surface area contributed by atoms with E-state index in [1.54, 1.807) is 0 Å². The Morgan fingerprint density at radius 3 is 2.40 bits per heavy atom. The van der Waals surface area contributed by atoms with Gasteiger partial charge in [-0.1, -0.05) is 23.8 Å². The zero-order valence-corrected chi connectivity index (χ0v) is 24.5. The minimum absolute atomic E-state index is 0.0434. The highest BCUT2D eigenvalue weighted by atomic mass is 32.1. The number of carbonyl (C=O) groups is 1. The van der Waals surface area contributed by atoms with Gasteiger partial charge in [-0.25, -0.2) is 0 Å². The fraction of sp³-hybridized carbons (Fsp3) is 0.281. The van der Waals surface area contributed by atoms with Gasteiger partial charge in [-0.3, -0.25) is 9.78 Å². The maximum atomic E-state index is 12.9. The number of amides is 1. The Kier molecular flexibility index (Phi) is 7.89. The largest absolute Gasteiger partial charge is 0.378 e. The molecule has 2 atom stereocenters. The molecule has 1 aliphatic rings. The molecule has 1 fully saturated rings. The molecule has 0 radical (unpaired) electrons. The second-order valence-corrected chi connectivity index (χ2v) is 10.9. The quantitative estimate of drug-likeness (QED) is 0.267. The summed E-state index contributed by atoms with van der Waals surface area (Å²) in [5, 5.41) is 7.16. The smallest absolute Gasteiger partial charge is 0.226 e. The molecule has 7 nitrogen and oxygen atoms in total. The van der Waals surface area contributed by atoms with E-state index in [4.69, 9.17) is 12.2 Å². The third-order valence-electron chi connectivity index (χ3n) is 7.53. The van der Waals surface area contributed by atoms with Crippen molar-refractivity contribution in [2.45, 2.75) is 39.3 Å². The van der Waals surface area contributed by atoms with Crippen LogP contribution in [0.15, 0.2) is 79.0 Å². The van der Waals surface area contributed by atoms with Crippen LogP contribution in [0.1, 0.15) is 46.7 Å². The molecule has 4 aromatic rings. The van der Waals surface area contributed by atoms with E-state index >= 15 is 0 Å². The van der Waals surface area contributed by atoms with Crippen LogP contribution in [0.25, 0.3) is 5.69 Å². The Morgan fingerprint density at radius 1 is 1.02 bits per heavy atom. The van der Waals surface area contributed by atoms with Gasteiger partial charge in [0.15, 0.2) is 5.11 Å². The van der Waals surface area contributed by atoms with Crippen molar-refractivity contribution in [1.82, 2.24) is 19.8 Å². The topological polar surface area (TPSA) is 65.4 Å².